The van der Waals surface area contributed by atoms with Crippen molar-refractivity contribution in [2.75, 3.05) is 27.2 Å². The summed E-state index contributed by atoms with van der Waals surface area (Å²) in [6.07, 6.45) is 15.8. The first kappa shape index (κ1) is 17.3. The second kappa shape index (κ2) is 8.53. The summed E-state index contributed by atoms with van der Waals surface area (Å²) in [4.78, 5) is 2.73. The van der Waals surface area contributed by atoms with Crippen LogP contribution in [0, 0.1) is 11.3 Å². The smallest absolute Gasteiger partial charge is 0.00926 e. The van der Waals surface area contributed by atoms with Gasteiger partial charge in [-0.3, -0.25) is 0 Å². The molecule has 2 rings (SSSR count). The normalized spacial score (nSPS) is 30.3. The van der Waals surface area contributed by atoms with Crippen LogP contribution in [0.25, 0.3) is 0 Å². The number of rotatable bonds is 6. The Balaban J connectivity index is 1.90. The van der Waals surface area contributed by atoms with Gasteiger partial charge in [-0.15, -0.1) is 0 Å². The summed E-state index contributed by atoms with van der Waals surface area (Å²) in [5.74, 6) is 1.01. The van der Waals surface area contributed by atoms with E-state index in [2.05, 4.69) is 31.2 Å². The van der Waals surface area contributed by atoms with Gasteiger partial charge in [-0.25, -0.2) is 0 Å². The van der Waals surface area contributed by atoms with E-state index in [1.54, 1.807) is 0 Å². The predicted molar refractivity (Wildman–Crippen MR) is 92.7 cm³/mol. The molecule has 0 atom stereocenters. The lowest BCUT2D eigenvalue weighted by atomic mass is 9.78. The molecule has 0 radical (unpaired) electrons. The Kier molecular flexibility index (Phi) is 7.01. The highest BCUT2D eigenvalue weighted by Crippen LogP contribution is 2.37. The molecule has 0 unspecified atom stereocenters. The summed E-state index contributed by atoms with van der Waals surface area (Å²) in [6, 6.07) is 0.852. The van der Waals surface area contributed by atoms with Crippen LogP contribution in [0.4, 0.5) is 0 Å². The summed E-state index contributed by atoms with van der Waals surface area (Å²) < 4.78 is 0. The van der Waals surface area contributed by atoms with Gasteiger partial charge in [-0.1, -0.05) is 39.0 Å². The van der Waals surface area contributed by atoms with Crippen LogP contribution >= 0.6 is 0 Å². The molecular formula is C19H38N2. The van der Waals surface area contributed by atoms with Crippen molar-refractivity contribution in [3.05, 3.63) is 0 Å². The minimum Gasteiger partial charge on any atom is -0.319 e. The van der Waals surface area contributed by atoms with Crippen molar-refractivity contribution in [2.45, 2.75) is 83.6 Å². The Morgan fingerprint density at radius 3 is 2.14 bits per heavy atom. The third kappa shape index (κ3) is 4.96. The zero-order chi connectivity index (χ0) is 15.1. The maximum atomic E-state index is 3.50. The second-order valence-electron chi connectivity index (χ2n) is 7.94. The van der Waals surface area contributed by atoms with E-state index in [9.17, 15) is 0 Å². The van der Waals surface area contributed by atoms with E-state index >= 15 is 0 Å². The van der Waals surface area contributed by atoms with Gasteiger partial charge in [0.05, 0.1) is 0 Å². The highest BCUT2D eigenvalue weighted by molar-refractivity contribution is 4.88. The largest absolute Gasteiger partial charge is 0.319 e. The minimum absolute atomic E-state index is 0.543. The van der Waals surface area contributed by atoms with Crippen LogP contribution in [-0.4, -0.2) is 38.1 Å². The first-order valence-corrected chi connectivity index (χ1v) is 9.54. The summed E-state index contributed by atoms with van der Waals surface area (Å²) >= 11 is 0. The average molecular weight is 295 g/mol. The van der Waals surface area contributed by atoms with Gasteiger partial charge < -0.3 is 10.2 Å². The Bertz CT molecular complexity index is 273. The molecule has 2 aliphatic carbocycles. The highest BCUT2D eigenvalue weighted by Gasteiger charge is 2.34. The SMILES string of the molecule is CCC1CCC(N(C)CC2(CNC)CCCCCC2)CC1. The monoisotopic (exact) mass is 294 g/mol. The Morgan fingerprint density at radius 2 is 1.62 bits per heavy atom. The summed E-state index contributed by atoms with van der Waals surface area (Å²) in [7, 11) is 4.54. The molecule has 21 heavy (non-hydrogen) atoms. The van der Waals surface area contributed by atoms with Gasteiger partial charge >= 0.3 is 0 Å². The molecule has 2 heteroatoms. The Hall–Kier alpha value is -0.0800. The van der Waals surface area contributed by atoms with Gasteiger partial charge in [0.2, 0.25) is 0 Å². The van der Waals surface area contributed by atoms with E-state index in [4.69, 9.17) is 0 Å². The van der Waals surface area contributed by atoms with Crippen LogP contribution in [0.5, 0.6) is 0 Å². The molecule has 0 aromatic rings. The minimum atomic E-state index is 0.543. The van der Waals surface area contributed by atoms with Crippen molar-refractivity contribution in [1.29, 1.82) is 0 Å². The van der Waals surface area contributed by atoms with Crippen molar-refractivity contribution in [2.24, 2.45) is 11.3 Å². The number of hydrogen-bond donors (Lipinski definition) is 1. The third-order valence-corrected chi connectivity index (χ3v) is 6.32. The van der Waals surface area contributed by atoms with Gasteiger partial charge in [0, 0.05) is 19.1 Å². The van der Waals surface area contributed by atoms with Gasteiger partial charge in [0.15, 0.2) is 0 Å². The molecule has 1 N–H and O–H groups in total. The zero-order valence-corrected chi connectivity index (χ0v) is 14.8. The molecule has 0 aromatic heterocycles. The molecule has 0 heterocycles. The zero-order valence-electron chi connectivity index (χ0n) is 14.8. The van der Waals surface area contributed by atoms with Crippen molar-refractivity contribution in [3.63, 3.8) is 0 Å². The second-order valence-corrected chi connectivity index (χ2v) is 7.94. The first-order valence-electron chi connectivity index (χ1n) is 9.54. The van der Waals surface area contributed by atoms with Crippen LogP contribution in [-0.2, 0) is 0 Å². The standard InChI is InChI=1S/C19H38N2/c1-4-17-9-11-18(12-10-17)21(3)16-19(15-20-2)13-7-5-6-8-14-19/h17-18,20H,4-16H2,1-3H3. The average Bonchev–Trinajstić information content (AvgIpc) is 2.73. The molecule has 0 bridgehead atoms. The topological polar surface area (TPSA) is 15.3 Å². The molecule has 0 spiro atoms. The van der Waals surface area contributed by atoms with Crippen LogP contribution in [0.15, 0.2) is 0 Å². The van der Waals surface area contributed by atoms with E-state index in [1.807, 2.05) is 0 Å². The Labute approximate surface area is 133 Å². The van der Waals surface area contributed by atoms with Gasteiger partial charge in [-0.05, 0) is 64.0 Å². The number of hydrogen-bond acceptors (Lipinski definition) is 2. The molecule has 2 saturated carbocycles. The van der Waals surface area contributed by atoms with Crippen LogP contribution < -0.4 is 5.32 Å². The highest BCUT2D eigenvalue weighted by atomic mass is 15.1. The summed E-state index contributed by atoms with van der Waals surface area (Å²) in [5, 5.41) is 3.50. The predicted octanol–water partition coefficient (Wildman–Crippen LogP) is 4.45. The van der Waals surface area contributed by atoms with Crippen molar-refractivity contribution >= 4 is 0 Å². The van der Waals surface area contributed by atoms with E-state index in [-0.39, 0.29) is 0 Å². The van der Waals surface area contributed by atoms with E-state index in [0.29, 0.717) is 5.41 Å². The van der Waals surface area contributed by atoms with E-state index in [1.165, 1.54) is 83.7 Å². The van der Waals surface area contributed by atoms with Crippen LogP contribution in [0.2, 0.25) is 0 Å². The van der Waals surface area contributed by atoms with Crippen LogP contribution in [0.3, 0.4) is 0 Å². The quantitative estimate of drug-likeness (QED) is 0.728. The van der Waals surface area contributed by atoms with Crippen molar-refractivity contribution in [1.82, 2.24) is 10.2 Å². The van der Waals surface area contributed by atoms with Gasteiger partial charge in [-0.2, -0.15) is 0 Å². The van der Waals surface area contributed by atoms with E-state index in [0.717, 1.165) is 12.0 Å². The fourth-order valence-electron chi connectivity index (χ4n) is 4.90. The van der Waals surface area contributed by atoms with E-state index < -0.39 is 0 Å². The molecule has 2 aliphatic rings. The maximum absolute atomic E-state index is 3.50. The molecule has 2 fully saturated rings. The lowest BCUT2D eigenvalue weighted by Crippen LogP contribution is -2.46. The van der Waals surface area contributed by atoms with Gasteiger partial charge in [0.25, 0.3) is 0 Å². The number of nitrogens with one attached hydrogen (secondary N) is 1. The fourth-order valence-corrected chi connectivity index (χ4v) is 4.90. The molecule has 2 nitrogen and oxygen atoms in total. The molecule has 124 valence electrons. The summed E-state index contributed by atoms with van der Waals surface area (Å²) in [6.45, 7) is 4.89. The molecule has 0 aromatic carbocycles. The number of nitrogens with zero attached hydrogens (tertiary/aromatic N) is 1. The van der Waals surface area contributed by atoms with Crippen molar-refractivity contribution in [3.8, 4) is 0 Å². The lowest BCUT2D eigenvalue weighted by Gasteiger charge is -2.41. The first-order chi connectivity index (χ1) is 10.2. The van der Waals surface area contributed by atoms with Crippen molar-refractivity contribution < 1.29 is 0 Å². The molecule has 0 amide bonds. The summed E-state index contributed by atoms with van der Waals surface area (Å²) in [5.41, 5.74) is 0.543. The third-order valence-electron chi connectivity index (χ3n) is 6.32. The fraction of sp³-hybridized carbons (Fsp3) is 1.00. The molecule has 0 saturated heterocycles. The maximum Gasteiger partial charge on any atom is 0.00926 e. The molecular weight excluding hydrogens is 256 g/mol. The van der Waals surface area contributed by atoms with Crippen LogP contribution in [0.1, 0.15) is 77.6 Å². The van der Waals surface area contributed by atoms with Gasteiger partial charge in [0.1, 0.15) is 0 Å². The molecule has 0 aliphatic heterocycles. The lowest BCUT2D eigenvalue weighted by molar-refractivity contribution is 0.0895. The Morgan fingerprint density at radius 1 is 1.00 bits per heavy atom.